The van der Waals surface area contributed by atoms with E-state index in [9.17, 15) is 4.79 Å². The minimum Gasteiger partial charge on any atom is -0.382 e. The van der Waals surface area contributed by atoms with E-state index in [-0.39, 0.29) is 11.9 Å². The highest BCUT2D eigenvalue weighted by molar-refractivity contribution is 5.84. The molecule has 1 unspecified atom stereocenters. The molecule has 1 fully saturated rings. The molecule has 1 atom stereocenters. The standard InChI is InChI=1S/C11H17N5O/c1-8(11(17)16-4-2-3-5-16)15-10-7-13-9(12)6-14-10/h6-8H,2-5H2,1H3,(H2,12,13)(H,14,15). The number of nitrogen functional groups attached to an aromatic ring is 1. The summed E-state index contributed by atoms with van der Waals surface area (Å²) >= 11 is 0. The Morgan fingerprint density at radius 2 is 2.12 bits per heavy atom. The number of hydrogen-bond donors (Lipinski definition) is 2. The van der Waals surface area contributed by atoms with Gasteiger partial charge < -0.3 is 16.0 Å². The van der Waals surface area contributed by atoms with Crippen LogP contribution in [0.2, 0.25) is 0 Å². The van der Waals surface area contributed by atoms with Crippen molar-refractivity contribution in [1.82, 2.24) is 14.9 Å². The van der Waals surface area contributed by atoms with E-state index in [2.05, 4.69) is 15.3 Å². The van der Waals surface area contributed by atoms with Gasteiger partial charge in [0, 0.05) is 13.1 Å². The molecular weight excluding hydrogens is 218 g/mol. The van der Waals surface area contributed by atoms with Gasteiger partial charge in [-0.3, -0.25) is 4.79 Å². The van der Waals surface area contributed by atoms with E-state index in [0.717, 1.165) is 25.9 Å². The van der Waals surface area contributed by atoms with Crippen molar-refractivity contribution >= 4 is 17.5 Å². The number of amides is 1. The van der Waals surface area contributed by atoms with Crippen molar-refractivity contribution in [2.75, 3.05) is 24.1 Å². The van der Waals surface area contributed by atoms with E-state index < -0.39 is 0 Å². The molecule has 0 spiro atoms. The van der Waals surface area contributed by atoms with Gasteiger partial charge in [0.05, 0.1) is 12.4 Å². The van der Waals surface area contributed by atoms with Crippen LogP contribution in [0.15, 0.2) is 12.4 Å². The lowest BCUT2D eigenvalue weighted by molar-refractivity contribution is -0.130. The van der Waals surface area contributed by atoms with Crippen LogP contribution in [0, 0.1) is 0 Å². The van der Waals surface area contributed by atoms with Gasteiger partial charge in [0.2, 0.25) is 5.91 Å². The first-order chi connectivity index (χ1) is 8.16. The second-order valence-electron chi connectivity index (χ2n) is 4.22. The van der Waals surface area contributed by atoms with Gasteiger partial charge in [-0.2, -0.15) is 0 Å². The summed E-state index contributed by atoms with van der Waals surface area (Å²) in [7, 11) is 0. The van der Waals surface area contributed by atoms with E-state index in [1.165, 1.54) is 12.4 Å². The molecule has 0 saturated carbocycles. The molecule has 1 aromatic heterocycles. The highest BCUT2D eigenvalue weighted by Gasteiger charge is 2.23. The Morgan fingerprint density at radius 3 is 2.71 bits per heavy atom. The lowest BCUT2D eigenvalue weighted by Gasteiger charge is -2.21. The van der Waals surface area contributed by atoms with E-state index in [1.807, 2.05) is 11.8 Å². The molecule has 2 heterocycles. The summed E-state index contributed by atoms with van der Waals surface area (Å²) in [6, 6.07) is -0.286. The van der Waals surface area contributed by atoms with E-state index in [1.54, 1.807) is 0 Å². The van der Waals surface area contributed by atoms with Gasteiger partial charge in [0.15, 0.2) is 0 Å². The summed E-state index contributed by atoms with van der Waals surface area (Å²) in [6.07, 6.45) is 5.19. The van der Waals surface area contributed by atoms with Crippen LogP contribution in [0.25, 0.3) is 0 Å². The van der Waals surface area contributed by atoms with Crippen LogP contribution in [-0.2, 0) is 4.79 Å². The minimum atomic E-state index is -0.286. The van der Waals surface area contributed by atoms with Crippen molar-refractivity contribution in [2.24, 2.45) is 0 Å². The zero-order valence-corrected chi connectivity index (χ0v) is 9.89. The number of carbonyl (C=O) groups excluding carboxylic acids is 1. The zero-order chi connectivity index (χ0) is 12.3. The van der Waals surface area contributed by atoms with Gasteiger partial charge >= 0.3 is 0 Å². The lowest BCUT2D eigenvalue weighted by atomic mass is 10.3. The molecule has 3 N–H and O–H groups in total. The highest BCUT2D eigenvalue weighted by Crippen LogP contribution is 2.11. The summed E-state index contributed by atoms with van der Waals surface area (Å²) in [5, 5.41) is 3.03. The van der Waals surface area contributed by atoms with Crippen molar-refractivity contribution in [3.05, 3.63) is 12.4 Å². The molecule has 1 saturated heterocycles. The van der Waals surface area contributed by atoms with Gasteiger partial charge in [-0.05, 0) is 19.8 Å². The first-order valence-corrected chi connectivity index (χ1v) is 5.79. The third kappa shape index (κ3) is 2.83. The monoisotopic (exact) mass is 235 g/mol. The van der Waals surface area contributed by atoms with Gasteiger partial charge in [-0.25, -0.2) is 9.97 Å². The molecular formula is C11H17N5O. The maximum absolute atomic E-state index is 12.0. The molecule has 0 radical (unpaired) electrons. The Morgan fingerprint density at radius 1 is 1.41 bits per heavy atom. The van der Waals surface area contributed by atoms with Crippen molar-refractivity contribution < 1.29 is 4.79 Å². The Kier molecular flexibility index (Phi) is 3.41. The zero-order valence-electron chi connectivity index (χ0n) is 9.89. The normalized spacial score (nSPS) is 16.9. The third-order valence-electron chi connectivity index (χ3n) is 2.82. The average Bonchev–Trinajstić information content (AvgIpc) is 2.84. The second kappa shape index (κ2) is 4.99. The van der Waals surface area contributed by atoms with E-state index in [4.69, 9.17) is 5.73 Å². The fourth-order valence-electron chi connectivity index (χ4n) is 1.91. The lowest BCUT2D eigenvalue weighted by Crippen LogP contribution is -2.39. The summed E-state index contributed by atoms with van der Waals surface area (Å²) < 4.78 is 0. The van der Waals surface area contributed by atoms with E-state index in [0.29, 0.717) is 11.6 Å². The van der Waals surface area contributed by atoms with Crippen molar-refractivity contribution in [1.29, 1.82) is 0 Å². The molecule has 1 amide bonds. The van der Waals surface area contributed by atoms with Crippen LogP contribution < -0.4 is 11.1 Å². The number of anilines is 2. The number of carbonyl (C=O) groups is 1. The molecule has 0 bridgehead atoms. The number of nitrogens with zero attached hydrogens (tertiary/aromatic N) is 3. The third-order valence-corrected chi connectivity index (χ3v) is 2.82. The number of hydrogen-bond acceptors (Lipinski definition) is 5. The van der Waals surface area contributed by atoms with Crippen molar-refractivity contribution in [3.63, 3.8) is 0 Å². The predicted molar refractivity (Wildman–Crippen MR) is 65.3 cm³/mol. The maximum atomic E-state index is 12.0. The van der Waals surface area contributed by atoms with Crippen LogP contribution in [0.3, 0.4) is 0 Å². The largest absolute Gasteiger partial charge is 0.382 e. The summed E-state index contributed by atoms with van der Waals surface area (Å²) in [5.41, 5.74) is 5.44. The van der Waals surface area contributed by atoms with Crippen LogP contribution in [0.4, 0.5) is 11.6 Å². The van der Waals surface area contributed by atoms with Crippen molar-refractivity contribution in [2.45, 2.75) is 25.8 Å². The molecule has 17 heavy (non-hydrogen) atoms. The topological polar surface area (TPSA) is 84.1 Å². The number of likely N-dealkylation sites (tertiary alicyclic amines) is 1. The van der Waals surface area contributed by atoms with Crippen LogP contribution >= 0.6 is 0 Å². The SMILES string of the molecule is CC(Nc1cnc(N)cn1)C(=O)N1CCCC1. The summed E-state index contributed by atoms with van der Waals surface area (Å²) in [5.74, 6) is 1.05. The summed E-state index contributed by atoms with van der Waals surface area (Å²) in [4.78, 5) is 21.9. The van der Waals surface area contributed by atoms with Gasteiger partial charge in [-0.1, -0.05) is 0 Å². The van der Waals surface area contributed by atoms with Crippen molar-refractivity contribution in [3.8, 4) is 0 Å². The summed E-state index contributed by atoms with van der Waals surface area (Å²) in [6.45, 7) is 3.55. The number of nitrogens with two attached hydrogens (primary N) is 1. The molecule has 0 aliphatic carbocycles. The van der Waals surface area contributed by atoms with Gasteiger partial charge in [0.25, 0.3) is 0 Å². The Hall–Kier alpha value is -1.85. The Balaban J connectivity index is 1.93. The number of rotatable bonds is 3. The maximum Gasteiger partial charge on any atom is 0.244 e. The van der Waals surface area contributed by atoms with Gasteiger partial charge in [0.1, 0.15) is 17.7 Å². The smallest absolute Gasteiger partial charge is 0.244 e. The molecule has 1 aliphatic heterocycles. The van der Waals surface area contributed by atoms with Gasteiger partial charge in [-0.15, -0.1) is 0 Å². The molecule has 1 aromatic rings. The van der Waals surface area contributed by atoms with Crippen LogP contribution in [0.5, 0.6) is 0 Å². The van der Waals surface area contributed by atoms with Crippen LogP contribution in [-0.4, -0.2) is 39.9 Å². The predicted octanol–water partition coefficient (Wildman–Crippen LogP) is 0.482. The average molecular weight is 235 g/mol. The van der Waals surface area contributed by atoms with E-state index >= 15 is 0 Å². The molecule has 6 heteroatoms. The number of aromatic nitrogens is 2. The van der Waals surface area contributed by atoms with Crippen LogP contribution in [0.1, 0.15) is 19.8 Å². The quantitative estimate of drug-likeness (QED) is 0.796. The highest BCUT2D eigenvalue weighted by atomic mass is 16.2. The minimum absolute atomic E-state index is 0.112. The Labute approximate surface area is 100 Å². The Bertz CT molecular complexity index is 385. The molecule has 1 aliphatic rings. The molecule has 92 valence electrons. The molecule has 2 rings (SSSR count). The fourth-order valence-corrected chi connectivity index (χ4v) is 1.91. The fraction of sp³-hybridized carbons (Fsp3) is 0.545. The first kappa shape index (κ1) is 11.6. The second-order valence-corrected chi connectivity index (χ2v) is 4.22. The first-order valence-electron chi connectivity index (χ1n) is 5.79. The molecule has 6 nitrogen and oxygen atoms in total. The molecule has 0 aromatic carbocycles. The number of nitrogens with one attached hydrogen (secondary N) is 1.